The van der Waals surface area contributed by atoms with Gasteiger partial charge in [-0.1, -0.05) is 26.7 Å². The van der Waals surface area contributed by atoms with E-state index in [1.54, 1.807) is 7.11 Å². The first kappa shape index (κ1) is 14.5. The number of nitrogens with one attached hydrogen (secondary N) is 2. The van der Waals surface area contributed by atoms with Crippen molar-refractivity contribution in [3.8, 4) is 0 Å². The number of hydrogen-bond acceptors (Lipinski definition) is 3. The molecule has 0 spiro atoms. The standard InChI is InChI=1S/C13H26N2O2/c1-5-10(6-2)9(3)15-13(16)12-7-11(17-4)8-14-12/h9-12,14H,5-8H2,1-4H3,(H,15,16). The van der Waals surface area contributed by atoms with Crippen LogP contribution in [0.5, 0.6) is 0 Å². The smallest absolute Gasteiger partial charge is 0.237 e. The van der Waals surface area contributed by atoms with Crippen molar-refractivity contribution in [1.29, 1.82) is 0 Å². The van der Waals surface area contributed by atoms with Crippen LogP contribution in [-0.4, -0.2) is 37.7 Å². The first-order valence-corrected chi connectivity index (χ1v) is 6.68. The Balaban J connectivity index is 2.39. The molecule has 3 atom stereocenters. The molecule has 2 N–H and O–H groups in total. The van der Waals surface area contributed by atoms with Gasteiger partial charge in [-0.2, -0.15) is 0 Å². The number of amides is 1. The maximum absolute atomic E-state index is 12.0. The zero-order chi connectivity index (χ0) is 12.8. The number of rotatable bonds is 6. The van der Waals surface area contributed by atoms with E-state index in [1.807, 2.05) is 0 Å². The Bertz CT molecular complexity index is 242. The van der Waals surface area contributed by atoms with Crippen molar-refractivity contribution in [3.63, 3.8) is 0 Å². The van der Waals surface area contributed by atoms with Crippen molar-refractivity contribution in [2.45, 2.75) is 58.2 Å². The molecular formula is C13H26N2O2. The second kappa shape index (κ2) is 6.97. The number of methoxy groups -OCH3 is 1. The summed E-state index contributed by atoms with van der Waals surface area (Å²) in [6, 6.07) is 0.164. The van der Waals surface area contributed by atoms with E-state index in [9.17, 15) is 4.79 Å². The van der Waals surface area contributed by atoms with Crippen LogP contribution in [0.15, 0.2) is 0 Å². The van der Waals surface area contributed by atoms with Gasteiger partial charge in [0.15, 0.2) is 0 Å². The fourth-order valence-electron chi connectivity index (χ4n) is 2.52. The summed E-state index contributed by atoms with van der Waals surface area (Å²) in [5.41, 5.74) is 0. The second-order valence-corrected chi connectivity index (χ2v) is 4.93. The molecule has 4 heteroatoms. The average Bonchev–Trinajstić information content (AvgIpc) is 2.79. The Kier molecular flexibility index (Phi) is 5.92. The molecule has 1 heterocycles. The van der Waals surface area contributed by atoms with Crippen LogP contribution in [-0.2, 0) is 9.53 Å². The summed E-state index contributed by atoms with van der Waals surface area (Å²) in [7, 11) is 1.69. The molecule has 1 aliphatic heterocycles. The molecule has 1 rings (SSSR count). The lowest BCUT2D eigenvalue weighted by Crippen LogP contribution is -2.46. The highest BCUT2D eigenvalue weighted by Crippen LogP contribution is 2.14. The summed E-state index contributed by atoms with van der Waals surface area (Å²) in [6.07, 6.45) is 3.17. The average molecular weight is 242 g/mol. The van der Waals surface area contributed by atoms with E-state index < -0.39 is 0 Å². The Hall–Kier alpha value is -0.610. The molecule has 0 saturated carbocycles. The van der Waals surface area contributed by atoms with Crippen molar-refractivity contribution in [1.82, 2.24) is 10.6 Å². The topological polar surface area (TPSA) is 50.4 Å². The summed E-state index contributed by atoms with van der Waals surface area (Å²) in [5, 5.41) is 6.31. The Morgan fingerprint density at radius 1 is 1.47 bits per heavy atom. The number of ether oxygens (including phenoxy) is 1. The van der Waals surface area contributed by atoms with E-state index in [4.69, 9.17) is 4.74 Å². The van der Waals surface area contributed by atoms with Crippen molar-refractivity contribution in [2.24, 2.45) is 5.92 Å². The van der Waals surface area contributed by atoms with Gasteiger partial charge >= 0.3 is 0 Å². The van der Waals surface area contributed by atoms with Crippen LogP contribution in [0.4, 0.5) is 0 Å². The maximum atomic E-state index is 12.0. The van der Waals surface area contributed by atoms with Gasteiger partial charge in [-0.25, -0.2) is 0 Å². The summed E-state index contributed by atoms with van der Waals surface area (Å²) in [4.78, 5) is 12.0. The van der Waals surface area contributed by atoms with Gasteiger partial charge in [-0.3, -0.25) is 4.79 Å². The molecule has 0 bridgehead atoms. The zero-order valence-electron chi connectivity index (χ0n) is 11.5. The highest BCUT2D eigenvalue weighted by atomic mass is 16.5. The highest BCUT2D eigenvalue weighted by molar-refractivity contribution is 5.82. The van der Waals surface area contributed by atoms with Gasteiger partial charge in [-0.15, -0.1) is 0 Å². The minimum Gasteiger partial charge on any atom is -0.380 e. The third-order valence-electron chi connectivity index (χ3n) is 3.87. The van der Waals surface area contributed by atoms with Crippen LogP contribution in [0.2, 0.25) is 0 Å². The first-order valence-electron chi connectivity index (χ1n) is 6.68. The largest absolute Gasteiger partial charge is 0.380 e. The van der Waals surface area contributed by atoms with Gasteiger partial charge in [-0.05, 0) is 19.3 Å². The Labute approximate surface area is 104 Å². The van der Waals surface area contributed by atoms with Crippen molar-refractivity contribution >= 4 is 5.91 Å². The number of carbonyl (C=O) groups is 1. The predicted octanol–water partition coefficient (Wildman–Crippen LogP) is 1.30. The molecule has 0 radical (unpaired) electrons. The van der Waals surface area contributed by atoms with Crippen LogP contribution in [0, 0.1) is 5.92 Å². The highest BCUT2D eigenvalue weighted by Gasteiger charge is 2.30. The van der Waals surface area contributed by atoms with Crippen LogP contribution in [0.25, 0.3) is 0 Å². The molecule has 3 unspecified atom stereocenters. The van der Waals surface area contributed by atoms with Gasteiger partial charge in [0.05, 0.1) is 12.1 Å². The molecule has 0 aromatic heterocycles. The van der Waals surface area contributed by atoms with Crippen molar-refractivity contribution in [3.05, 3.63) is 0 Å². The first-order chi connectivity index (χ1) is 8.12. The molecule has 0 aromatic rings. The van der Waals surface area contributed by atoms with E-state index in [-0.39, 0.29) is 24.1 Å². The van der Waals surface area contributed by atoms with Gasteiger partial charge in [0.1, 0.15) is 0 Å². The lowest BCUT2D eigenvalue weighted by atomic mass is 9.95. The van der Waals surface area contributed by atoms with E-state index >= 15 is 0 Å². The van der Waals surface area contributed by atoms with Gasteiger partial charge < -0.3 is 15.4 Å². The fourth-order valence-corrected chi connectivity index (χ4v) is 2.52. The lowest BCUT2D eigenvalue weighted by Gasteiger charge is -2.24. The molecular weight excluding hydrogens is 216 g/mol. The van der Waals surface area contributed by atoms with E-state index in [2.05, 4.69) is 31.4 Å². The summed E-state index contributed by atoms with van der Waals surface area (Å²) in [5.74, 6) is 0.683. The van der Waals surface area contributed by atoms with E-state index in [0.717, 1.165) is 25.8 Å². The fraction of sp³-hybridized carbons (Fsp3) is 0.923. The molecule has 1 aliphatic rings. The van der Waals surface area contributed by atoms with Crippen LogP contribution < -0.4 is 10.6 Å². The minimum atomic E-state index is -0.0863. The second-order valence-electron chi connectivity index (χ2n) is 4.93. The normalized spacial score (nSPS) is 26.2. The third-order valence-corrected chi connectivity index (χ3v) is 3.87. The molecule has 1 amide bonds. The molecule has 0 aromatic carbocycles. The molecule has 1 saturated heterocycles. The summed E-state index contributed by atoms with van der Waals surface area (Å²) >= 11 is 0. The van der Waals surface area contributed by atoms with Gasteiger partial charge in [0.2, 0.25) is 5.91 Å². The summed E-state index contributed by atoms with van der Waals surface area (Å²) in [6.45, 7) is 7.21. The van der Waals surface area contributed by atoms with Crippen LogP contribution in [0.1, 0.15) is 40.0 Å². The van der Waals surface area contributed by atoms with Gasteiger partial charge in [0, 0.05) is 19.7 Å². The lowest BCUT2D eigenvalue weighted by molar-refractivity contribution is -0.123. The number of carbonyl (C=O) groups excluding carboxylic acids is 1. The minimum absolute atomic E-state index is 0.0863. The maximum Gasteiger partial charge on any atom is 0.237 e. The third kappa shape index (κ3) is 3.96. The van der Waals surface area contributed by atoms with Crippen LogP contribution in [0.3, 0.4) is 0 Å². The molecule has 1 fully saturated rings. The van der Waals surface area contributed by atoms with Crippen LogP contribution >= 0.6 is 0 Å². The summed E-state index contributed by atoms with van der Waals surface area (Å²) < 4.78 is 5.24. The Morgan fingerprint density at radius 3 is 2.59 bits per heavy atom. The molecule has 17 heavy (non-hydrogen) atoms. The number of hydrogen-bond donors (Lipinski definition) is 2. The molecule has 4 nitrogen and oxygen atoms in total. The van der Waals surface area contributed by atoms with Crippen molar-refractivity contribution < 1.29 is 9.53 Å². The van der Waals surface area contributed by atoms with E-state index in [1.165, 1.54) is 0 Å². The predicted molar refractivity (Wildman–Crippen MR) is 68.9 cm³/mol. The quantitative estimate of drug-likeness (QED) is 0.738. The van der Waals surface area contributed by atoms with Gasteiger partial charge in [0.25, 0.3) is 0 Å². The van der Waals surface area contributed by atoms with Crippen molar-refractivity contribution in [2.75, 3.05) is 13.7 Å². The molecule has 0 aliphatic carbocycles. The molecule has 100 valence electrons. The van der Waals surface area contributed by atoms with E-state index in [0.29, 0.717) is 5.92 Å². The Morgan fingerprint density at radius 2 is 2.12 bits per heavy atom. The monoisotopic (exact) mass is 242 g/mol. The zero-order valence-corrected chi connectivity index (χ0v) is 11.5. The SMILES string of the molecule is CCC(CC)C(C)NC(=O)C1CC(OC)CN1.